The fraction of sp³-hybridized carbons (Fsp3) is 0. The third kappa shape index (κ3) is 2.72. The molecule has 3 rings (SSSR count). The molecule has 21 heavy (non-hydrogen) atoms. The van der Waals surface area contributed by atoms with E-state index in [9.17, 15) is 4.79 Å². The Morgan fingerprint density at radius 2 is 1.76 bits per heavy atom. The fourth-order valence-electron chi connectivity index (χ4n) is 2.13. The van der Waals surface area contributed by atoms with Gasteiger partial charge in [-0.3, -0.25) is 4.79 Å². The summed E-state index contributed by atoms with van der Waals surface area (Å²) in [5.74, 6) is -0.286. The zero-order valence-corrected chi connectivity index (χ0v) is 12.9. The molecule has 0 bridgehead atoms. The highest BCUT2D eigenvalue weighted by Crippen LogP contribution is 2.34. The number of aromatic nitrogens is 1. The SMILES string of the molecule is O=C(Nc1c(Cl)cc(Cl)cc1Cl)c1cccc2[nH]ccc12. The number of anilines is 1. The van der Waals surface area contributed by atoms with Gasteiger partial charge in [0.05, 0.1) is 15.7 Å². The van der Waals surface area contributed by atoms with Gasteiger partial charge in [0.15, 0.2) is 0 Å². The molecule has 0 unspecified atom stereocenters. The number of nitrogens with one attached hydrogen (secondary N) is 2. The second-order valence-electron chi connectivity index (χ2n) is 4.44. The van der Waals surface area contributed by atoms with Crippen molar-refractivity contribution in [2.24, 2.45) is 0 Å². The molecule has 0 saturated heterocycles. The van der Waals surface area contributed by atoms with Gasteiger partial charge in [-0.2, -0.15) is 0 Å². The van der Waals surface area contributed by atoms with E-state index < -0.39 is 0 Å². The summed E-state index contributed by atoms with van der Waals surface area (Å²) < 4.78 is 0. The number of H-pyrrole nitrogens is 1. The number of carbonyl (C=O) groups is 1. The Bertz CT molecular complexity index is 819. The molecule has 0 aliphatic heterocycles. The average Bonchev–Trinajstić information content (AvgIpc) is 2.90. The second-order valence-corrected chi connectivity index (χ2v) is 5.69. The maximum atomic E-state index is 12.4. The van der Waals surface area contributed by atoms with Gasteiger partial charge in [-0.25, -0.2) is 0 Å². The first-order chi connectivity index (χ1) is 10.1. The molecule has 3 nitrogen and oxygen atoms in total. The van der Waals surface area contributed by atoms with Crippen molar-refractivity contribution >= 4 is 57.3 Å². The minimum Gasteiger partial charge on any atom is -0.361 e. The van der Waals surface area contributed by atoms with Crippen molar-refractivity contribution in [3.05, 3.63) is 63.2 Å². The molecule has 0 saturated carbocycles. The van der Waals surface area contributed by atoms with Crippen molar-refractivity contribution in [2.75, 3.05) is 5.32 Å². The number of rotatable bonds is 2. The highest BCUT2D eigenvalue weighted by atomic mass is 35.5. The normalized spacial score (nSPS) is 10.8. The van der Waals surface area contributed by atoms with Crippen LogP contribution in [0.2, 0.25) is 15.1 Å². The predicted octanol–water partition coefficient (Wildman–Crippen LogP) is 5.38. The molecule has 3 aromatic rings. The van der Waals surface area contributed by atoms with Crippen LogP contribution in [0.4, 0.5) is 5.69 Å². The number of hydrogen-bond acceptors (Lipinski definition) is 1. The minimum absolute atomic E-state index is 0.286. The fourth-order valence-corrected chi connectivity index (χ4v) is 3.04. The molecule has 0 spiro atoms. The van der Waals surface area contributed by atoms with E-state index in [0.29, 0.717) is 26.3 Å². The molecule has 6 heteroatoms. The van der Waals surface area contributed by atoms with Crippen LogP contribution in [-0.2, 0) is 0 Å². The number of carbonyl (C=O) groups excluding carboxylic acids is 1. The lowest BCUT2D eigenvalue weighted by Crippen LogP contribution is -2.13. The number of aromatic amines is 1. The van der Waals surface area contributed by atoms with Gasteiger partial charge >= 0.3 is 0 Å². The molecule has 2 N–H and O–H groups in total. The summed E-state index contributed by atoms with van der Waals surface area (Å²) >= 11 is 18.0. The summed E-state index contributed by atoms with van der Waals surface area (Å²) in [6.07, 6.45) is 1.78. The van der Waals surface area contributed by atoms with Crippen molar-refractivity contribution in [2.45, 2.75) is 0 Å². The lowest BCUT2D eigenvalue weighted by Gasteiger charge is -2.10. The van der Waals surface area contributed by atoms with Gasteiger partial charge in [0, 0.05) is 27.7 Å². The van der Waals surface area contributed by atoms with E-state index >= 15 is 0 Å². The summed E-state index contributed by atoms with van der Waals surface area (Å²) in [4.78, 5) is 15.5. The molecule has 0 radical (unpaired) electrons. The van der Waals surface area contributed by atoms with Crippen LogP contribution >= 0.6 is 34.8 Å². The molecule has 2 aromatic carbocycles. The number of fused-ring (bicyclic) bond motifs is 1. The van der Waals surface area contributed by atoms with Crippen LogP contribution < -0.4 is 5.32 Å². The number of amides is 1. The zero-order chi connectivity index (χ0) is 15.0. The molecule has 1 amide bonds. The largest absolute Gasteiger partial charge is 0.361 e. The Kier molecular flexibility index (Phi) is 3.81. The Balaban J connectivity index is 1.99. The molecule has 0 aliphatic rings. The highest BCUT2D eigenvalue weighted by Gasteiger charge is 2.15. The zero-order valence-electron chi connectivity index (χ0n) is 10.6. The van der Waals surface area contributed by atoms with Crippen LogP contribution in [0.15, 0.2) is 42.6 Å². The second kappa shape index (κ2) is 5.60. The summed E-state index contributed by atoms with van der Waals surface area (Å²) in [6, 6.07) is 10.3. The van der Waals surface area contributed by atoms with Crippen LogP contribution in [-0.4, -0.2) is 10.9 Å². The smallest absolute Gasteiger partial charge is 0.256 e. The van der Waals surface area contributed by atoms with Crippen molar-refractivity contribution in [3.8, 4) is 0 Å². The van der Waals surface area contributed by atoms with E-state index in [2.05, 4.69) is 10.3 Å². The van der Waals surface area contributed by atoms with Gasteiger partial charge in [-0.05, 0) is 30.3 Å². The van der Waals surface area contributed by atoms with Crippen LogP contribution in [0, 0.1) is 0 Å². The standard InChI is InChI=1S/C15H9Cl3N2O/c16-8-6-11(17)14(12(18)7-8)20-15(21)10-2-1-3-13-9(10)4-5-19-13/h1-7,19H,(H,20,21). The van der Waals surface area contributed by atoms with E-state index in [1.165, 1.54) is 12.1 Å². The predicted molar refractivity (Wildman–Crippen MR) is 87.7 cm³/mol. The minimum atomic E-state index is -0.286. The van der Waals surface area contributed by atoms with Gasteiger partial charge in [0.1, 0.15) is 0 Å². The Labute approximate surface area is 135 Å². The molecular formula is C15H9Cl3N2O. The van der Waals surface area contributed by atoms with Gasteiger partial charge in [-0.1, -0.05) is 40.9 Å². The van der Waals surface area contributed by atoms with Gasteiger partial charge in [-0.15, -0.1) is 0 Å². The highest BCUT2D eigenvalue weighted by molar-refractivity contribution is 6.42. The molecule has 0 fully saturated rings. The van der Waals surface area contributed by atoms with E-state index in [4.69, 9.17) is 34.8 Å². The molecule has 0 atom stereocenters. The molecule has 1 aromatic heterocycles. The summed E-state index contributed by atoms with van der Waals surface area (Å²) in [6.45, 7) is 0. The topological polar surface area (TPSA) is 44.9 Å². The van der Waals surface area contributed by atoms with E-state index in [-0.39, 0.29) is 5.91 Å². The first-order valence-corrected chi connectivity index (χ1v) is 7.21. The summed E-state index contributed by atoms with van der Waals surface area (Å²) in [5, 5.41) is 4.56. The molecule has 106 valence electrons. The first-order valence-electron chi connectivity index (χ1n) is 6.08. The Morgan fingerprint density at radius 1 is 1.05 bits per heavy atom. The Hall–Kier alpha value is -1.68. The molecule has 1 heterocycles. The van der Waals surface area contributed by atoms with E-state index in [1.807, 2.05) is 12.1 Å². The van der Waals surface area contributed by atoms with Crippen molar-refractivity contribution in [1.29, 1.82) is 0 Å². The lowest BCUT2D eigenvalue weighted by molar-refractivity contribution is 0.102. The van der Waals surface area contributed by atoms with Crippen LogP contribution in [0.25, 0.3) is 10.9 Å². The number of halogens is 3. The number of benzene rings is 2. The third-order valence-electron chi connectivity index (χ3n) is 3.08. The van der Waals surface area contributed by atoms with Gasteiger partial charge in [0.2, 0.25) is 0 Å². The van der Waals surface area contributed by atoms with Gasteiger partial charge < -0.3 is 10.3 Å². The maximum absolute atomic E-state index is 12.4. The van der Waals surface area contributed by atoms with Crippen LogP contribution in [0.5, 0.6) is 0 Å². The maximum Gasteiger partial charge on any atom is 0.256 e. The summed E-state index contributed by atoms with van der Waals surface area (Å²) in [5.41, 5.74) is 1.77. The quantitative estimate of drug-likeness (QED) is 0.647. The molecule has 0 aliphatic carbocycles. The van der Waals surface area contributed by atoms with E-state index in [0.717, 1.165) is 10.9 Å². The average molecular weight is 340 g/mol. The van der Waals surface area contributed by atoms with Crippen molar-refractivity contribution in [3.63, 3.8) is 0 Å². The first kappa shape index (κ1) is 14.3. The number of hydrogen-bond donors (Lipinski definition) is 2. The monoisotopic (exact) mass is 338 g/mol. The van der Waals surface area contributed by atoms with Crippen LogP contribution in [0.3, 0.4) is 0 Å². The summed E-state index contributed by atoms with van der Waals surface area (Å²) in [7, 11) is 0. The van der Waals surface area contributed by atoms with E-state index in [1.54, 1.807) is 18.3 Å². The van der Waals surface area contributed by atoms with Crippen LogP contribution in [0.1, 0.15) is 10.4 Å². The third-order valence-corrected chi connectivity index (χ3v) is 3.90. The van der Waals surface area contributed by atoms with Gasteiger partial charge in [0.25, 0.3) is 5.91 Å². The van der Waals surface area contributed by atoms with Crippen molar-refractivity contribution in [1.82, 2.24) is 4.98 Å². The Morgan fingerprint density at radius 3 is 2.48 bits per heavy atom. The molecular weight excluding hydrogens is 331 g/mol. The lowest BCUT2D eigenvalue weighted by atomic mass is 10.1. The van der Waals surface area contributed by atoms with Crippen molar-refractivity contribution < 1.29 is 4.79 Å².